The molecule has 0 rings (SSSR count). The van der Waals surface area contributed by atoms with E-state index < -0.39 is 12.1 Å². The van der Waals surface area contributed by atoms with Crippen molar-refractivity contribution in [3.8, 4) is 0 Å². The Kier molecular flexibility index (Phi) is 32.9. The van der Waals surface area contributed by atoms with Gasteiger partial charge in [-0.15, -0.1) is 0 Å². The highest BCUT2D eigenvalue weighted by molar-refractivity contribution is 5.76. The van der Waals surface area contributed by atoms with E-state index in [0.717, 1.165) is 25.7 Å². The molecular weight excluding hydrogens is 506 g/mol. The van der Waals surface area contributed by atoms with Crippen LogP contribution in [-0.4, -0.2) is 34.9 Å². The molecule has 0 radical (unpaired) electrons. The Labute approximate surface area is 256 Å². The third-order valence-corrected chi connectivity index (χ3v) is 8.53. The van der Waals surface area contributed by atoms with E-state index in [1.807, 2.05) is 0 Å². The standard InChI is InChI=1S/C37H73NO3/c1-3-5-7-9-11-13-15-17-19-20-22-24-26-28-30-32-36(40)35(34-39)38-37(41)33-31-29-27-25-23-21-18-16-14-12-10-8-6-4-2/h16,18,35-36,39-40H,3-15,17,19-34H2,1-2H3,(H,38,41)/b18-16+/t35-,36+/m0/s1. The highest BCUT2D eigenvalue weighted by atomic mass is 16.3. The van der Waals surface area contributed by atoms with Crippen LogP contribution in [0.2, 0.25) is 0 Å². The van der Waals surface area contributed by atoms with Crippen molar-refractivity contribution >= 4 is 5.91 Å². The molecule has 0 heterocycles. The highest BCUT2D eigenvalue weighted by Crippen LogP contribution is 2.15. The Morgan fingerprint density at radius 3 is 1.34 bits per heavy atom. The van der Waals surface area contributed by atoms with Gasteiger partial charge in [0.25, 0.3) is 0 Å². The van der Waals surface area contributed by atoms with E-state index in [9.17, 15) is 15.0 Å². The number of unbranched alkanes of at least 4 members (excludes halogenated alkanes) is 24. The van der Waals surface area contributed by atoms with Crippen LogP contribution in [0.4, 0.5) is 0 Å². The van der Waals surface area contributed by atoms with Crippen molar-refractivity contribution in [3.63, 3.8) is 0 Å². The van der Waals surface area contributed by atoms with Crippen LogP contribution < -0.4 is 5.32 Å². The van der Waals surface area contributed by atoms with E-state index in [1.165, 1.54) is 148 Å². The summed E-state index contributed by atoms with van der Waals surface area (Å²) in [7, 11) is 0. The van der Waals surface area contributed by atoms with Crippen molar-refractivity contribution in [1.82, 2.24) is 5.32 Å². The van der Waals surface area contributed by atoms with Crippen molar-refractivity contribution < 1.29 is 15.0 Å². The van der Waals surface area contributed by atoms with Gasteiger partial charge >= 0.3 is 0 Å². The summed E-state index contributed by atoms with van der Waals surface area (Å²) >= 11 is 0. The number of aliphatic hydroxyl groups excluding tert-OH is 2. The number of hydrogen-bond donors (Lipinski definition) is 3. The maximum atomic E-state index is 12.3. The normalized spacial score (nSPS) is 13.2. The summed E-state index contributed by atoms with van der Waals surface area (Å²) in [4.78, 5) is 12.3. The Bertz CT molecular complexity index is 550. The van der Waals surface area contributed by atoms with Crippen LogP contribution in [0.15, 0.2) is 12.2 Å². The molecule has 2 atom stereocenters. The van der Waals surface area contributed by atoms with Gasteiger partial charge in [0.2, 0.25) is 5.91 Å². The zero-order valence-electron chi connectivity index (χ0n) is 27.8. The molecule has 0 aliphatic carbocycles. The Balaban J connectivity index is 3.56. The predicted octanol–water partition coefficient (Wildman–Crippen LogP) is 10.7. The average molecular weight is 580 g/mol. The summed E-state index contributed by atoms with van der Waals surface area (Å²) in [6, 6.07) is -0.535. The number of hydrogen-bond acceptors (Lipinski definition) is 3. The molecule has 0 aliphatic heterocycles. The number of carbonyl (C=O) groups excluding carboxylic acids is 1. The van der Waals surface area contributed by atoms with Crippen molar-refractivity contribution in [2.24, 2.45) is 0 Å². The lowest BCUT2D eigenvalue weighted by Crippen LogP contribution is -2.45. The predicted molar refractivity (Wildman–Crippen MR) is 179 cm³/mol. The molecule has 0 fully saturated rings. The van der Waals surface area contributed by atoms with Crippen molar-refractivity contribution in [3.05, 3.63) is 12.2 Å². The van der Waals surface area contributed by atoms with E-state index in [0.29, 0.717) is 12.8 Å². The van der Waals surface area contributed by atoms with E-state index in [1.54, 1.807) is 0 Å². The lowest BCUT2D eigenvalue weighted by molar-refractivity contribution is -0.123. The molecule has 0 saturated carbocycles. The third kappa shape index (κ3) is 30.4. The fraction of sp³-hybridized carbons (Fsp3) is 0.919. The number of rotatable bonds is 33. The van der Waals surface area contributed by atoms with Crippen molar-refractivity contribution in [2.75, 3.05) is 6.61 Å². The van der Waals surface area contributed by atoms with Crippen LogP contribution >= 0.6 is 0 Å². The second kappa shape index (κ2) is 33.6. The van der Waals surface area contributed by atoms with Gasteiger partial charge in [-0.25, -0.2) is 0 Å². The maximum absolute atomic E-state index is 12.3. The molecule has 0 saturated heterocycles. The molecule has 4 nitrogen and oxygen atoms in total. The number of aliphatic hydroxyl groups is 2. The van der Waals surface area contributed by atoms with Gasteiger partial charge in [-0.1, -0.05) is 167 Å². The smallest absolute Gasteiger partial charge is 0.220 e. The fourth-order valence-electron chi connectivity index (χ4n) is 5.65. The topological polar surface area (TPSA) is 69.6 Å². The minimum Gasteiger partial charge on any atom is -0.394 e. The first kappa shape index (κ1) is 40.1. The fourth-order valence-corrected chi connectivity index (χ4v) is 5.65. The zero-order chi connectivity index (χ0) is 30.1. The van der Waals surface area contributed by atoms with Gasteiger partial charge in [0.1, 0.15) is 0 Å². The summed E-state index contributed by atoms with van der Waals surface area (Å²) < 4.78 is 0. The van der Waals surface area contributed by atoms with Crippen LogP contribution in [0.3, 0.4) is 0 Å². The molecule has 0 aromatic heterocycles. The van der Waals surface area contributed by atoms with Gasteiger partial charge in [-0.05, 0) is 38.5 Å². The van der Waals surface area contributed by atoms with Crippen LogP contribution in [0.1, 0.15) is 200 Å². The lowest BCUT2D eigenvalue weighted by atomic mass is 10.0. The Morgan fingerprint density at radius 1 is 0.561 bits per heavy atom. The van der Waals surface area contributed by atoms with E-state index in [2.05, 4.69) is 31.3 Å². The second-order valence-electron chi connectivity index (χ2n) is 12.6. The summed E-state index contributed by atoms with van der Waals surface area (Å²) in [5.41, 5.74) is 0. The van der Waals surface area contributed by atoms with E-state index in [-0.39, 0.29) is 12.5 Å². The minimum atomic E-state index is -0.657. The van der Waals surface area contributed by atoms with Gasteiger partial charge in [0.05, 0.1) is 18.8 Å². The first-order valence-corrected chi connectivity index (χ1v) is 18.4. The summed E-state index contributed by atoms with van der Waals surface area (Å²) in [6.07, 6.45) is 39.7. The molecule has 0 unspecified atom stereocenters. The van der Waals surface area contributed by atoms with Gasteiger partial charge in [0.15, 0.2) is 0 Å². The largest absolute Gasteiger partial charge is 0.394 e. The number of nitrogens with one attached hydrogen (secondary N) is 1. The Morgan fingerprint density at radius 2 is 0.927 bits per heavy atom. The second-order valence-corrected chi connectivity index (χ2v) is 12.6. The maximum Gasteiger partial charge on any atom is 0.220 e. The molecular formula is C37H73NO3. The molecule has 0 aromatic carbocycles. The first-order chi connectivity index (χ1) is 20.2. The summed E-state index contributed by atoms with van der Waals surface area (Å²) in [5, 5.41) is 23.0. The number of carbonyl (C=O) groups is 1. The minimum absolute atomic E-state index is 0.0403. The molecule has 0 spiro atoms. The number of allylic oxidation sites excluding steroid dienone is 2. The average Bonchev–Trinajstić information content (AvgIpc) is 2.97. The first-order valence-electron chi connectivity index (χ1n) is 18.4. The highest BCUT2D eigenvalue weighted by Gasteiger charge is 2.19. The van der Waals surface area contributed by atoms with Gasteiger partial charge in [-0.3, -0.25) is 4.79 Å². The molecule has 0 bridgehead atoms. The molecule has 0 aromatic rings. The zero-order valence-corrected chi connectivity index (χ0v) is 27.8. The van der Waals surface area contributed by atoms with Crippen LogP contribution in [0.25, 0.3) is 0 Å². The van der Waals surface area contributed by atoms with Gasteiger partial charge in [-0.2, -0.15) is 0 Å². The van der Waals surface area contributed by atoms with Gasteiger partial charge in [0, 0.05) is 6.42 Å². The number of amides is 1. The SMILES string of the molecule is CCCCCCC/C=C/CCCCCCCC(=O)N[C@@H](CO)[C@H](O)CCCCCCCCCCCCCCCCC. The molecule has 41 heavy (non-hydrogen) atoms. The summed E-state index contributed by atoms with van der Waals surface area (Å²) in [5.74, 6) is -0.0403. The summed E-state index contributed by atoms with van der Waals surface area (Å²) in [6.45, 7) is 4.34. The van der Waals surface area contributed by atoms with Crippen molar-refractivity contribution in [1.29, 1.82) is 0 Å². The van der Waals surface area contributed by atoms with Crippen molar-refractivity contribution in [2.45, 2.75) is 212 Å². The Hall–Kier alpha value is -0.870. The van der Waals surface area contributed by atoms with Crippen LogP contribution in [0, 0.1) is 0 Å². The molecule has 1 amide bonds. The third-order valence-electron chi connectivity index (χ3n) is 8.53. The molecule has 0 aliphatic rings. The monoisotopic (exact) mass is 580 g/mol. The quantitative estimate of drug-likeness (QED) is 0.0535. The lowest BCUT2D eigenvalue weighted by Gasteiger charge is -2.22. The van der Waals surface area contributed by atoms with Crippen LogP contribution in [-0.2, 0) is 4.79 Å². The molecule has 4 heteroatoms. The van der Waals surface area contributed by atoms with Crippen LogP contribution in [0.5, 0.6) is 0 Å². The molecule has 3 N–H and O–H groups in total. The van der Waals surface area contributed by atoms with E-state index in [4.69, 9.17) is 0 Å². The molecule has 244 valence electrons. The van der Waals surface area contributed by atoms with Gasteiger partial charge < -0.3 is 15.5 Å². The van der Waals surface area contributed by atoms with E-state index >= 15 is 0 Å².